The third-order valence-electron chi connectivity index (χ3n) is 5.35. The number of carbonyl (C=O) groups is 1. The minimum Gasteiger partial charge on any atom is -0.354 e. The van der Waals surface area contributed by atoms with Gasteiger partial charge < -0.3 is 5.32 Å². The Morgan fingerprint density at radius 3 is 2.81 bits per heavy atom. The van der Waals surface area contributed by atoms with E-state index >= 15 is 0 Å². The van der Waals surface area contributed by atoms with Crippen molar-refractivity contribution in [2.24, 2.45) is 0 Å². The lowest BCUT2D eigenvalue weighted by molar-refractivity contribution is -0.126. The first-order valence-corrected chi connectivity index (χ1v) is 9.76. The maximum atomic E-state index is 12.9. The third-order valence-corrected chi connectivity index (χ3v) is 5.35. The van der Waals surface area contributed by atoms with E-state index in [2.05, 4.69) is 31.0 Å². The van der Waals surface area contributed by atoms with Gasteiger partial charge in [0.15, 0.2) is 0 Å². The van der Waals surface area contributed by atoms with Crippen molar-refractivity contribution in [1.29, 1.82) is 0 Å². The number of nitrogens with zero attached hydrogens (tertiary/aromatic N) is 4. The average molecular weight is 353 g/mol. The maximum absolute atomic E-state index is 12.9. The lowest BCUT2D eigenvalue weighted by atomic mass is 10.1. The summed E-state index contributed by atoms with van der Waals surface area (Å²) in [7, 11) is 0. The Morgan fingerprint density at radius 2 is 2.08 bits per heavy atom. The largest absolute Gasteiger partial charge is 0.354 e. The number of aromatic nitrogens is 3. The highest BCUT2D eigenvalue weighted by molar-refractivity contribution is 5.83. The van der Waals surface area contributed by atoms with Gasteiger partial charge in [-0.3, -0.25) is 19.4 Å². The Hall–Kier alpha value is -2.21. The van der Waals surface area contributed by atoms with Crippen molar-refractivity contribution < 1.29 is 4.79 Å². The fraction of sp³-hybridized carbons (Fsp3) is 0.550. The first-order chi connectivity index (χ1) is 12.8. The van der Waals surface area contributed by atoms with Crippen LogP contribution in [0.2, 0.25) is 0 Å². The van der Waals surface area contributed by atoms with Gasteiger partial charge in [-0.1, -0.05) is 6.07 Å². The Bertz CT molecular complexity index is 719. The summed E-state index contributed by atoms with van der Waals surface area (Å²) in [6.45, 7) is 3.49. The van der Waals surface area contributed by atoms with Gasteiger partial charge in [0.1, 0.15) is 6.04 Å². The van der Waals surface area contributed by atoms with E-state index in [4.69, 9.17) is 0 Å². The number of hydrogen-bond acceptors (Lipinski definition) is 4. The molecule has 2 aliphatic rings. The summed E-state index contributed by atoms with van der Waals surface area (Å²) in [6.07, 6.45) is 11.2. The Morgan fingerprint density at radius 1 is 1.23 bits per heavy atom. The summed E-state index contributed by atoms with van der Waals surface area (Å²) < 4.78 is 2.10. The lowest BCUT2D eigenvalue weighted by Crippen LogP contribution is -2.40. The molecule has 138 valence electrons. The zero-order chi connectivity index (χ0) is 17.8. The van der Waals surface area contributed by atoms with Crippen LogP contribution in [0.1, 0.15) is 55.3 Å². The van der Waals surface area contributed by atoms with Crippen LogP contribution in [0.3, 0.4) is 0 Å². The molecule has 2 fully saturated rings. The summed E-state index contributed by atoms with van der Waals surface area (Å²) in [4.78, 5) is 19.3. The molecule has 6 heteroatoms. The minimum absolute atomic E-state index is 0.0859. The molecule has 0 spiro atoms. The van der Waals surface area contributed by atoms with Gasteiger partial charge in [0.2, 0.25) is 5.91 Å². The van der Waals surface area contributed by atoms with Gasteiger partial charge in [-0.15, -0.1) is 0 Å². The number of aryl methyl sites for hydroxylation is 1. The molecule has 1 atom stereocenters. The molecule has 0 radical (unpaired) electrons. The normalized spacial score (nSPS) is 18.8. The van der Waals surface area contributed by atoms with E-state index in [9.17, 15) is 4.79 Å². The van der Waals surface area contributed by atoms with E-state index in [0.29, 0.717) is 12.5 Å². The highest BCUT2D eigenvalue weighted by Crippen LogP contribution is 2.39. The van der Waals surface area contributed by atoms with Crippen LogP contribution in [-0.4, -0.2) is 45.2 Å². The van der Waals surface area contributed by atoms with Crippen LogP contribution in [0.4, 0.5) is 0 Å². The van der Waals surface area contributed by atoms with E-state index in [-0.39, 0.29) is 11.9 Å². The van der Waals surface area contributed by atoms with Crippen molar-refractivity contribution in [1.82, 2.24) is 25.0 Å². The van der Waals surface area contributed by atoms with E-state index in [1.54, 1.807) is 6.20 Å². The van der Waals surface area contributed by atoms with Crippen molar-refractivity contribution >= 4 is 5.91 Å². The fourth-order valence-corrected chi connectivity index (χ4v) is 3.86. The molecule has 1 saturated carbocycles. The molecule has 0 unspecified atom stereocenters. The second-order valence-electron chi connectivity index (χ2n) is 7.33. The molecule has 1 N–H and O–H groups in total. The van der Waals surface area contributed by atoms with Gasteiger partial charge in [0.25, 0.3) is 0 Å². The molecule has 0 aromatic carbocycles. The molecule has 0 bridgehead atoms. The first kappa shape index (κ1) is 17.2. The van der Waals surface area contributed by atoms with Crippen LogP contribution in [-0.2, 0) is 11.3 Å². The molecule has 2 aromatic rings. The van der Waals surface area contributed by atoms with E-state index in [1.165, 1.54) is 18.5 Å². The molecule has 26 heavy (non-hydrogen) atoms. The molecule has 3 heterocycles. The Kier molecular flexibility index (Phi) is 5.29. The monoisotopic (exact) mass is 353 g/mol. The number of amides is 1. The molecule has 1 aliphatic carbocycles. The van der Waals surface area contributed by atoms with Crippen molar-refractivity contribution in [3.8, 4) is 0 Å². The van der Waals surface area contributed by atoms with E-state index < -0.39 is 0 Å². The van der Waals surface area contributed by atoms with E-state index in [1.807, 2.05) is 24.5 Å². The van der Waals surface area contributed by atoms with Crippen LogP contribution in [0, 0.1) is 0 Å². The molecular formula is C20H27N5O. The summed E-state index contributed by atoms with van der Waals surface area (Å²) in [6, 6.07) is 5.81. The van der Waals surface area contributed by atoms with E-state index in [0.717, 1.165) is 44.5 Å². The summed E-state index contributed by atoms with van der Waals surface area (Å²) in [5, 5.41) is 7.56. The van der Waals surface area contributed by atoms with Gasteiger partial charge in [-0.05, 0) is 62.9 Å². The van der Waals surface area contributed by atoms with Crippen molar-refractivity contribution in [3.05, 3.63) is 48.0 Å². The maximum Gasteiger partial charge on any atom is 0.242 e. The van der Waals surface area contributed by atoms with Crippen molar-refractivity contribution in [2.45, 2.75) is 50.6 Å². The lowest BCUT2D eigenvalue weighted by Gasteiger charge is -2.26. The number of likely N-dealkylation sites (tertiary alicyclic amines) is 1. The van der Waals surface area contributed by atoms with Crippen LogP contribution < -0.4 is 5.32 Å². The third kappa shape index (κ3) is 3.96. The molecule has 1 aliphatic heterocycles. The summed E-state index contributed by atoms with van der Waals surface area (Å²) in [5.41, 5.74) is 2.33. The van der Waals surface area contributed by atoms with Crippen LogP contribution in [0.5, 0.6) is 0 Å². The molecule has 4 rings (SSSR count). The van der Waals surface area contributed by atoms with Gasteiger partial charge in [0, 0.05) is 43.3 Å². The summed E-state index contributed by atoms with van der Waals surface area (Å²) in [5.74, 6) is 0.792. The quantitative estimate of drug-likeness (QED) is 0.741. The molecule has 1 amide bonds. The molecular weight excluding hydrogens is 326 g/mol. The summed E-state index contributed by atoms with van der Waals surface area (Å²) >= 11 is 0. The van der Waals surface area contributed by atoms with Gasteiger partial charge in [-0.2, -0.15) is 5.10 Å². The number of hydrogen-bond donors (Lipinski definition) is 1. The topological polar surface area (TPSA) is 63.1 Å². The van der Waals surface area contributed by atoms with Gasteiger partial charge >= 0.3 is 0 Å². The van der Waals surface area contributed by atoms with Gasteiger partial charge in [0.05, 0.1) is 0 Å². The van der Waals surface area contributed by atoms with Gasteiger partial charge in [-0.25, -0.2) is 0 Å². The molecule has 2 aromatic heterocycles. The zero-order valence-electron chi connectivity index (χ0n) is 15.2. The van der Waals surface area contributed by atoms with Crippen LogP contribution >= 0.6 is 0 Å². The second kappa shape index (κ2) is 7.99. The Balaban J connectivity index is 1.32. The molecule has 1 saturated heterocycles. The predicted octanol–water partition coefficient (Wildman–Crippen LogP) is 2.50. The zero-order valence-corrected chi connectivity index (χ0v) is 15.2. The Labute approximate surface area is 154 Å². The molecule has 6 nitrogen and oxygen atoms in total. The first-order valence-electron chi connectivity index (χ1n) is 9.76. The predicted molar refractivity (Wildman–Crippen MR) is 99.6 cm³/mol. The number of pyridine rings is 1. The fourth-order valence-electron chi connectivity index (χ4n) is 3.86. The van der Waals surface area contributed by atoms with Crippen molar-refractivity contribution in [2.75, 3.05) is 19.6 Å². The second-order valence-corrected chi connectivity index (χ2v) is 7.33. The standard InChI is InChI=1S/C20H27N5O/c26-20(19(24-12-1-2-13-24)17-5-3-9-21-15-17)22-10-4-14-25-18(8-11-23-25)16-6-7-16/h3,5,8-9,11,15-16,19H,1-2,4,6-7,10,12-14H2,(H,22,26)/t19-/m1/s1. The highest BCUT2D eigenvalue weighted by atomic mass is 16.2. The number of carbonyl (C=O) groups excluding carboxylic acids is 1. The van der Waals surface area contributed by atoms with Crippen LogP contribution in [0.25, 0.3) is 0 Å². The highest BCUT2D eigenvalue weighted by Gasteiger charge is 2.30. The number of nitrogens with one attached hydrogen (secondary N) is 1. The minimum atomic E-state index is -0.224. The number of rotatable bonds is 8. The van der Waals surface area contributed by atoms with Crippen molar-refractivity contribution in [3.63, 3.8) is 0 Å². The average Bonchev–Trinajstić information content (AvgIpc) is 3.17. The SMILES string of the molecule is O=C(NCCCn1nccc1C1CC1)[C@@H](c1cccnc1)N1CCCC1. The van der Waals surface area contributed by atoms with Crippen LogP contribution in [0.15, 0.2) is 36.8 Å². The smallest absolute Gasteiger partial charge is 0.242 e.